The average molecular weight is 321 g/mol. The van der Waals surface area contributed by atoms with E-state index in [-0.39, 0.29) is 0 Å². The summed E-state index contributed by atoms with van der Waals surface area (Å²) in [7, 11) is 1.66. The third kappa shape index (κ3) is 3.23. The highest BCUT2D eigenvalue weighted by molar-refractivity contribution is 6.12. The van der Waals surface area contributed by atoms with Crippen molar-refractivity contribution in [1.82, 2.24) is 0 Å². The monoisotopic (exact) mass is 321 g/mol. The van der Waals surface area contributed by atoms with Crippen LogP contribution in [0.2, 0.25) is 0 Å². The topological polar surface area (TPSA) is 47.9 Å². The van der Waals surface area contributed by atoms with Crippen LogP contribution in [0.25, 0.3) is 6.08 Å². The number of cyclic esters (lactones) is 1. The van der Waals surface area contributed by atoms with Gasteiger partial charge in [-0.2, -0.15) is 0 Å². The summed E-state index contributed by atoms with van der Waals surface area (Å²) >= 11 is 0. The maximum atomic E-state index is 12.1. The first-order chi connectivity index (χ1) is 11.6. The Kier molecular flexibility index (Phi) is 4.47. The molecular weight excluding hydrogens is 302 g/mol. The maximum absolute atomic E-state index is 12.1. The van der Waals surface area contributed by atoms with Crippen molar-refractivity contribution in [2.24, 2.45) is 4.99 Å². The van der Waals surface area contributed by atoms with Crippen molar-refractivity contribution >= 4 is 17.9 Å². The van der Waals surface area contributed by atoms with Gasteiger partial charge in [-0.3, -0.25) is 0 Å². The molecule has 0 aliphatic carbocycles. The van der Waals surface area contributed by atoms with Gasteiger partial charge >= 0.3 is 5.97 Å². The zero-order valence-electron chi connectivity index (χ0n) is 13.9. The minimum atomic E-state index is -0.434. The normalized spacial score (nSPS) is 15.6. The summed E-state index contributed by atoms with van der Waals surface area (Å²) in [6, 6.07) is 15.2. The van der Waals surface area contributed by atoms with Gasteiger partial charge in [-0.25, -0.2) is 9.79 Å². The van der Waals surface area contributed by atoms with Gasteiger partial charge in [0.2, 0.25) is 5.90 Å². The summed E-state index contributed by atoms with van der Waals surface area (Å²) in [5, 5.41) is 0. The Hall–Kier alpha value is -2.88. The molecule has 0 unspecified atom stereocenters. The van der Waals surface area contributed by atoms with Crippen molar-refractivity contribution in [3.8, 4) is 5.75 Å². The van der Waals surface area contributed by atoms with E-state index in [0.29, 0.717) is 17.5 Å². The molecule has 0 saturated heterocycles. The number of nitrogens with zero attached hydrogens (tertiary/aromatic N) is 1. The van der Waals surface area contributed by atoms with E-state index in [1.165, 1.54) is 0 Å². The number of carbonyl (C=O) groups excluding carboxylic acids is 1. The van der Waals surface area contributed by atoms with E-state index in [1.807, 2.05) is 48.5 Å². The van der Waals surface area contributed by atoms with E-state index >= 15 is 0 Å². The second-order valence-electron chi connectivity index (χ2n) is 5.86. The van der Waals surface area contributed by atoms with Crippen molar-refractivity contribution in [3.63, 3.8) is 0 Å². The maximum Gasteiger partial charge on any atom is 0.363 e. The fourth-order valence-corrected chi connectivity index (χ4v) is 2.57. The van der Waals surface area contributed by atoms with Crippen molar-refractivity contribution in [3.05, 3.63) is 70.9 Å². The molecule has 0 aromatic heterocycles. The SMILES string of the molecule is COc1ccc(/C=C2/N=C(c3ccccc3)OC2=O)cc1C(C)C. The molecule has 1 aliphatic heterocycles. The lowest BCUT2D eigenvalue weighted by Crippen LogP contribution is -2.04. The Morgan fingerprint density at radius 1 is 1.12 bits per heavy atom. The largest absolute Gasteiger partial charge is 0.496 e. The number of methoxy groups -OCH3 is 1. The Morgan fingerprint density at radius 2 is 1.88 bits per heavy atom. The second kappa shape index (κ2) is 6.71. The number of benzene rings is 2. The molecule has 0 N–H and O–H groups in total. The smallest absolute Gasteiger partial charge is 0.363 e. The van der Waals surface area contributed by atoms with E-state index in [9.17, 15) is 4.79 Å². The summed E-state index contributed by atoms with van der Waals surface area (Å²) in [4.78, 5) is 16.4. The van der Waals surface area contributed by atoms with E-state index < -0.39 is 5.97 Å². The van der Waals surface area contributed by atoms with Gasteiger partial charge in [0.1, 0.15) is 5.75 Å². The summed E-state index contributed by atoms with van der Waals surface area (Å²) in [5.74, 6) is 1.06. The average Bonchev–Trinajstić information content (AvgIpc) is 2.96. The molecule has 1 heterocycles. The van der Waals surface area contributed by atoms with Crippen LogP contribution in [0.5, 0.6) is 5.75 Å². The molecule has 3 rings (SSSR count). The quantitative estimate of drug-likeness (QED) is 0.627. The van der Waals surface area contributed by atoms with Crippen LogP contribution in [0, 0.1) is 0 Å². The van der Waals surface area contributed by atoms with Crippen molar-refractivity contribution in [2.45, 2.75) is 19.8 Å². The highest BCUT2D eigenvalue weighted by Gasteiger charge is 2.24. The lowest BCUT2D eigenvalue weighted by molar-refractivity contribution is -0.129. The first-order valence-electron chi connectivity index (χ1n) is 7.84. The van der Waals surface area contributed by atoms with Gasteiger partial charge in [-0.15, -0.1) is 0 Å². The first-order valence-corrected chi connectivity index (χ1v) is 7.84. The third-order valence-corrected chi connectivity index (χ3v) is 3.82. The predicted molar refractivity (Wildman–Crippen MR) is 94.1 cm³/mol. The van der Waals surface area contributed by atoms with Gasteiger partial charge in [-0.1, -0.05) is 38.1 Å². The Morgan fingerprint density at radius 3 is 2.54 bits per heavy atom. The lowest BCUT2D eigenvalue weighted by Gasteiger charge is -2.12. The van der Waals surface area contributed by atoms with Crippen molar-refractivity contribution < 1.29 is 14.3 Å². The Labute approximate surface area is 141 Å². The number of rotatable bonds is 4. The van der Waals surface area contributed by atoms with Gasteiger partial charge in [-0.05, 0) is 47.4 Å². The summed E-state index contributed by atoms with van der Waals surface area (Å²) < 4.78 is 10.7. The molecule has 1 aliphatic rings. The van der Waals surface area contributed by atoms with E-state index in [1.54, 1.807) is 13.2 Å². The van der Waals surface area contributed by atoms with Gasteiger partial charge in [0, 0.05) is 5.56 Å². The number of carbonyl (C=O) groups is 1. The third-order valence-electron chi connectivity index (χ3n) is 3.82. The van der Waals surface area contributed by atoms with E-state index in [0.717, 1.165) is 22.4 Å². The highest BCUT2D eigenvalue weighted by Crippen LogP contribution is 2.28. The van der Waals surface area contributed by atoms with Crippen LogP contribution in [0.4, 0.5) is 0 Å². The molecule has 0 atom stereocenters. The molecule has 0 amide bonds. The summed E-state index contributed by atoms with van der Waals surface area (Å²) in [5.41, 5.74) is 3.07. The number of esters is 1. The number of aliphatic imine (C=N–C) groups is 1. The van der Waals surface area contributed by atoms with Crippen LogP contribution >= 0.6 is 0 Å². The molecule has 0 bridgehead atoms. The highest BCUT2D eigenvalue weighted by atomic mass is 16.6. The molecule has 4 nitrogen and oxygen atoms in total. The zero-order chi connectivity index (χ0) is 17.1. The minimum Gasteiger partial charge on any atom is -0.496 e. The molecule has 0 saturated carbocycles. The first kappa shape index (κ1) is 16.0. The lowest BCUT2D eigenvalue weighted by atomic mass is 9.99. The van der Waals surface area contributed by atoms with Gasteiger partial charge in [0.15, 0.2) is 5.70 Å². The molecule has 0 spiro atoms. The van der Waals surface area contributed by atoms with Gasteiger partial charge < -0.3 is 9.47 Å². The van der Waals surface area contributed by atoms with Crippen LogP contribution in [0.1, 0.15) is 36.5 Å². The molecular formula is C20H19NO3. The second-order valence-corrected chi connectivity index (χ2v) is 5.86. The molecule has 2 aromatic rings. The molecule has 24 heavy (non-hydrogen) atoms. The summed E-state index contributed by atoms with van der Waals surface area (Å²) in [6.45, 7) is 4.20. The van der Waals surface area contributed by atoms with Crippen molar-refractivity contribution in [1.29, 1.82) is 0 Å². The fraction of sp³-hybridized carbons (Fsp3) is 0.200. The van der Waals surface area contributed by atoms with Crippen LogP contribution in [-0.4, -0.2) is 19.0 Å². The van der Waals surface area contributed by atoms with E-state index in [2.05, 4.69) is 18.8 Å². The number of hydrogen-bond acceptors (Lipinski definition) is 4. The predicted octanol–water partition coefficient (Wildman–Crippen LogP) is 4.16. The summed E-state index contributed by atoms with van der Waals surface area (Å²) in [6.07, 6.45) is 1.74. The number of hydrogen-bond donors (Lipinski definition) is 0. The Bertz CT molecular complexity index is 820. The fourth-order valence-electron chi connectivity index (χ4n) is 2.57. The molecule has 0 radical (unpaired) electrons. The van der Waals surface area contributed by atoms with Crippen LogP contribution in [-0.2, 0) is 9.53 Å². The standard InChI is InChI=1S/C20H19NO3/c1-13(2)16-11-14(9-10-18(16)23-3)12-17-20(22)24-19(21-17)15-7-5-4-6-8-15/h4-13H,1-3H3/b17-12+. The van der Waals surface area contributed by atoms with Crippen LogP contribution in [0.15, 0.2) is 59.2 Å². The molecule has 4 heteroatoms. The van der Waals surface area contributed by atoms with Gasteiger partial charge in [0.05, 0.1) is 7.11 Å². The minimum absolute atomic E-state index is 0.300. The molecule has 0 fully saturated rings. The van der Waals surface area contributed by atoms with Crippen LogP contribution < -0.4 is 4.74 Å². The molecule has 122 valence electrons. The van der Waals surface area contributed by atoms with Crippen molar-refractivity contribution in [2.75, 3.05) is 7.11 Å². The van der Waals surface area contributed by atoms with Gasteiger partial charge in [0.25, 0.3) is 0 Å². The van der Waals surface area contributed by atoms with Crippen LogP contribution in [0.3, 0.4) is 0 Å². The van der Waals surface area contributed by atoms with E-state index in [4.69, 9.17) is 9.47 Å². The number of ether oxygens (including phenoxy) is 2. The molecule has 2 aromatic carbocycles. The Balaban J connectivity index is 1.95. The zero-order valence-corrected chi connectivity index (χ0v) is 13.9.